The zero-order valence-corrected chi connectivity index (χ0v) is 26.9. The fourth-order valence-corrected chi connectivity index (χ4v) is 6.11. The fraction of sp³-hybridized carbons (Fsp3) is 0.333. The molecule has 2 aliphatic rings. The predicted octanol–water partition coefficient (Wildman–Crippen LogP) is 4.47. The van der Waals surface area contributed by atoms with Crippen LogP contribution in [0.15, 0.2) is 76.4 Å². The first-order chi connectivity index (χ1) is 23.4. The molecule has 2 fully saturated rings. The Kier molecular flexibility index (Phi) is 8.62. The number of nitrogens with one attached hydrogen (secondary N) is 3. The Morgan fingerprint density at radius 1 is 0.896 bits per heavy atom. The lowest BCUT2D eigenvalue weighted by atomic mass is 10.1. The van der Waals surface area contributed by atoms with Gasteiger partial charge in [-0.2, -0.15) is 0 Å². The minimum atomic E-state index is -0.320. The molecule has 5 aromatic rings. The number of likely N-dealkylation sites (tertiary alicyclic amines) is 1. The van der Waals surface area contributed by atoms with Crippen molar-refractivity contribution in [2.24, 2.45) is 0 Å². The Morgan fingerprint density at radius 3 is 2.23 bits per heavy atom. The molecule has 0 bridgehead atoms. The molecule has 12 heteroatoms. The van der Waals surface area contributed by atoms with Crippen LogP contribution in [-0.2, 0) is 19.6 Å². The van der Waals surface area contributed by atoms with Gasteiger partial charge >= 0.3 is 5.69 Å². The van der Waals surface area contributed by atoms with Crippen LogP contribution in [0.2, 0.25) is 0 Å². The van der Waals surface area contributed by atoms with Crippen molar-refractivity contribution in [2.75, 3.05) is 18.4 Å². The van der Waals surface area contributed by atoms with Crippen molar-refractivity contribution in [1.82, 2.24) is 34.3 Å². The molecule has 246 valence electrons. The molecule has 1 saturated carbocycles. The number of rotatable bonds is 11. The largest absolute Gasteiger partial charge is 0.366 e. The molecule has 1 saturated heterocycles. The summed E-state index contributed by atoms with van der Waals surface area (Å²) in [7, 11) is 0. The Morgan fingerprint density at radius 2 is 1.58 bits per heavy atom. The van der Waals surface area contributed by atoms with E-state index >= 15 is 0 Å². The number of aryl methyl sites for hydroxylation is 1. The first-order valence-corrected chi connectivity index (χ1v) is 16.6. The molecular formula is C36H38N8O4. The number of imidazole rings is 1. The van der Waals surface area contributed by atoms with Gasteiger partial charge < -0.3 is 20.5 Å². The van der Waals surface area contributed by atoms with E-state index in [9.17, 15) is 19.2 Å². The molecular weight excluding hydrogens is 608 g/mol. The molecule has 0 spiro atoms. The van der Waals surface area contributed by atoms with Gasteiger partial charge in [-0.1, -0.05) is 31.2 Å². The molecule has 0 atom stereocenters. The minimum Gasteiger partial charge on any atom is -0.366 e. The number of carbonyl (C=O) groups excluding carboxylic acids is 2. The molecule has 0 unspecified atom stereocenters. The third-order valence-corrected chi connectivity index (χ3v) is 8.94. The number of anilines is 1. The molecule has 1 aliphatic carbocycles. The summed E-state index contributed by atoms with van der Waals surface area (Å²) in [5.74, 6) is 1.000. The summed E-state index contributed by atoms with van der Waals surface area (Å²) in [6.45, 7) is 5.00. The molecule has 7 rings (SSSR count). The molecule has 3 N–H and O–H groups in total. The molecule has 1 aliphatic heterocycles. The Hall–Kier alpha value is -5.52. The van der Waals surface area contributed by atoms with E-state index in [0.29, 0.717) is 59.1 Å². The second kappa shape index (κ2) is 13.3. The van der Waals surface area contributed by atoms with E-state index in [0.717, 1.165) is 56.3 Å². The number of fused-ring (bicyclic) bond motifs is 1. The molecule has 4 heterocycles. The van der Waals surface area contributed by atoms with E-state index in [1.807, 2.05) is 48.2 Å². The van der Waals surface area contributed by atoms with E-state index in [4.69, 9.17) is 0 Å². The van der Waals surface area contributed by atoms with Crippen LogP contribution < -0.4 is 21.9 Å². The summed E-state index contributed by atoms with van der Waals surface area (Å²) < 4.78 is 2.96. The fourth-order valence-electron chi connectivity index (χ4n) is 6.11. The number of aromatic amines is 1. The van der Waals surface area contributed by atoms with Crippen molar-refractivity contribution in [1.29, 1.82) is 0 Å². The van der Waals surface area contributed by atoms with Gasteiger partial charge in [0.1, 0.15) is 17.2 Å². The Bertz CT molecular complexity index is 2070. The van der Waals surface area contributed by atoms with Crippen LogP contribution in [0.4, 0.5) is 5.82 Å². The standard InChI is InChI=1S/C36H38N8O4/c1-2-17-43-32-30(35(47)44(36(43)48)28-14-15-28)40-31(41-32)27-13-16-29(38-22-27)37-20-23-5-7-24(8-6-23)21-39-33(45)25-9-11-26(12-10-25)34(46)42-18-3-4-19-42/h5-13,16,22,28H,2-4,14-15,17-21H2,1H3,(H,37,38)(H,39,45)(H,40,41). The molecule has 48 heavy (non-hydrogen) atoms. The molecule has 12 nitrogen and oxygen atoms in total. The number of hydrogen-bond donors (Lipinski definition) is 3. The number of hydrogen-bond acceptors (Lipinski definition) is 7. The average molecular weight is 647 g/mol. The SMILES string of the molecule is CCCn1c(=O)n(C2CC2)c(=O)c2[nH]c(-c3ccc(NCc4ccc(CNC(=O)c5ccc(C(=O)N6CCCC6)cc5)cc4)nc3)nc21. The van der Waals surface area contributed by atoms with Crippen molar-refractivity contribution < 1.29 is 9.59 Å². The number of aromatic nitrogens is 5. The van der Waals surface area contributed by atoms with Crippen molar-refractivity contribution >= 4 is 28.8 Å². The maximum absolute atomic E-state index is 13.1. The van der Waals surface area contributed by atoms with Gasteiger partial charge in [0, 0.05) is 61.7 Å². The van der Waals surface area contributed by atoms with E-state index < -0.39 is 0 Å². The first kappa shape index (κ1) is 31.1. The van der Waals surface area contributed by atoms with Crippen molar-refractivity contribution in [3.63, 3.8) is 0 Å². The lowest BCUT2D eigenvalue weighted by Gasteiger charge is -2.15. The lowest BCUT2D eigenvalue weighted by molar-refractivity contribution is 0.0792. The summed E-state index contributed by atoms with van der Waals surface area (Å²) in [5.41, 5.74) is 3.96. The lowest BCUT2D eigenvalue weighted by Crippen LogP contribution is -2.39. The Balaban J connectivity index is 0.938. The maximum Gasteiger partial charge on any atom is 0.333 e. The molecule has 3 aromatic heterocycles. The zero-order valence-electron chi connectivity index (χ0n) is 26.9. The van der Waals surface area contributed by atoms with E-state index in [-0.39, 0.29) is 29.1 Å². The van der Waals surface area contributed by atoms with Crippen LogP contribution >= 0.6 is 0 Å². The number of H-pyrrole nitrogens is 1. The molecule has 0 radical (unpaired) electrons. The summed E-state index contributed by atoms with van der Waals surface area (Å²) in [4.78, 5) is 65.6. The van der Waals surface area contributed by atoms with Crippen LogP contribution in [0.1, 0.15) is 76.9 Å². The van der Waals surface area contributed by atoms with Crippen LogP contribution in [-0.4, -0.2) is 53.9 Å². The van der Waals surface area contributed by atoms with Crippen LogP contribution in [0.5, 0.6) is 0 Å². The van der Waals surface area contributed by atoms with E-state index in [1.165, 1.54) is 4.57 Å². The second-order valence-electron chi connectivity index (χ2n) is 12.5. The highest BCUT2D eigenvalue weighted by atomic mass is 16.2. The van der Waals surface area contributed by atoms with Crippen LogP contribution in [0.25, 0.3) is 22.6 Å². The van der Waals surface area contributed by atoms with Crippen molar-refractivity contribution in [3.8, 4) is 11.4 Å². The highest BCUT2D eigenvalue weighted by Crippen LogP contribution is 2.32. The molecule has 2 amide bonds. The van der Waals surface area contributed by atoms with Crippen molar-refractivity contribution in [2.45, 2.75) is 64.7 Å². The van der Waals surface area contributed by atoms with Gasteiger partial charge in [0.15, 0.2) is 5.65 Å². The van der Waals surface area contributed by atoms with Crippen LogP contribution in [0.3, 0.4) is 0 Å². The van der Waals surface area contributed by atoms with Crippen LogP contribution in [0, 0.1) is 0 Å². The predicted molar refractivity (Wildman–Crippen MR) is 183 cm³/mol. The van der Waals surface area contributed by atoms with Gasteiger partial charge in [-0.05, 0) is 79.6 Å². The summed E-state index contributed by atoms with van der Waals surface area (Å²) in [5, 5.41) is 6.27. The number of nitrogens with zero attached hydrogens (tertiary/aromatic N) is 5. The normalized spacial score (nSPS) is 14.4. The quantitative estimate of drug-likeness (QED) is 0.192. The van der Waals surface area contributed by atoms with Gasteiger partial charge in [0.2, 0.25) is 0 Å². The monoisotopic (exact) mass is 646 g/mol. The number of carbonyl (C=O) groups is 2. The molecule has 2 aromatic carbocycles. The van der Waals surface area contributed by atoms with Gasteiger partial charge in [-0.15, -0.1) is 0 Å². The third kappa shape index (κ3) is 6.38. The van der Waals surface area contributed by atoms with Gasteiger partial charge in [-0.3, -0.25) is 23.5 Å². The Labute approximate surface area is 276 Å². The highest BCUT2D eigenvalue weighted by molar-refractivity contribution is 5.97. The second-order valence-corrected chi connectivity index (χ2v) is 12.5. The average Bonchev–Trinajstić information content (AvgIpc) is 3.59. The maximum atomic E-state index is 13.1. The van der Waals surface area contributed by atoms with Gasteiger partial charge in [0.05, 0.1) is 0 Å². The summed E-state index contributed by atoms with van der Waals surface area (Å²) >= 11 is 0. The number of amides is 2. The van der Waals surface area contributed by atoms with E-state index in [2.05, 4.69) is 25.6 Å². The minimum absolute atomic E-state index is 0.0197. The highest BCUT2D eigenvalue weighted by Gasteiger charge is 2.30. The zero-order chi connectivity index (χ0) is 33.2. The summed E-state index contributed by atoms with van der Waals surface area (Å²) in [6.07, 6.45) is 6.20. The first-order valence-electron chi connectivity index (χ1n) is 16.6. The topological polar surface area (TPSA) is 147 Å². The van der Waals surface area contributed by atoms with E-state index in [1.54, 1.807) is 35.0 Å². The number of benzene rings is 2. The summed E-state index contributed by atoms with van der Waals surface area (Å²) in [6, 6.07) is 18.5. The number of pyridine rings is 1. The van der Waals surface area contributed by atoms with Gasteiger partial charge in [0.25, 0.3) is 17.4 Å². The third-order valence-electron chi connectivity index (χ3n) is 8.94. The van der Waals surface area contributed by atoms with Crippen molar-refractivity contribution in [3.05, 3.63) is 110 Å². The smallest absolute Gasteiger partial charge is 0.333 e. The van der Waals surface area contributed by atoms with Gasteiger partial charge in [-0.25, -0.2) is 14.8 Å².